The normalized spacial score (nSPS) is 10.4. The van der Waals surface area contributed by atoms with Crippen molar-refractivity contribution in [3.8, 4) is 0 Å². The zero-order valence-corrected chi connectivity index (χ0v) is 7.85. The van der Waals surface area contributed by atoms with E-state index in [1.165, 1.54) is 12.1 Å². The van der Waals surface area contributed by atoms with Crippen molar-refractivity contribution in [2.75, 3.05) is 14.1 Å². The molecule has 0 unspecified atom stereocenters. The third kappa shape index (κ3) is 2.22. The highest BCUT2D eigenvalue weighted by molar-refractivity contribution is 7.12. The van der Waals surface area contributed by atoms with Gasteiger partial charge in [-0.2, -0.15) is 11.5 Å². The van der Waals surface area contributed by atoms with Crippen LogP contribution in [0.1, 0.15) is 0 Å². The maximum Gasteiger partial charge on any atom is 0.364 e. The molecule has 0 radical (unpaired) electrons. The Balaban J connectivity index is 2.82. The minimum absolute atomic E-state index is 0.189. The quantitative estimate of drug-likeness (QED) is 0.628. The van der Waals surface area contributed by atoms with Crippen molar-refractivity contribution in [1.29, 1.82) is 0 Å². The second kappa shape index (κ2) is 3.92. The van der Waals surface area contributed by atoms with E-state index < -0.39 is 0 Å². The van der Waals surface area contributed by atoms with Gasteiger partial charge in [-0.1, -0.05) is 12.1 Å². The first-order valence-corrected chi connectivity index (χ1v) is 4.11. The Kier molecular flexibility index (Phi) is 3.12. The number of nitrogens with zero attached hydrogens (tertiary/aromatic N) is 1. The molecule has 0 aliphatic carbocycles. The lowest BCUT2D eigenvalue weighted by atomic mass is 9.79. The Labute approximate surface area is 77.2 Å². The third-order valence-corrected chi connectivity index (χ3v) is 2.24. The second-order valence-electron chi connectivity index (χ2n) is 2.85. The Bertz CT molecular complexity index is 250. The molecule has 0 aliphatic heterocycles. The van der Waals surface area contributed by atoms with Crippen LogP contribution >= 0.6 is 11.5 Å². The highest BCUT2D eigenvalue weighted by Gasteiger charge is 2.15. The maximum absolute atomic E-state index is 12.5. The molecule has 0 spiro atoms. The van der Waals surface area contributed by atoms with Gasteiger partial charge in [0.25, 0.3) is 0 Å². The van der Waals surface area contributed by atoms with Crippen LogP contribution in [-0.4, -0.2) is 25.2 Å². The van der Waals surface area contributed by atoms with Crippen molar-refractivity contribution in [1.82, 2.24) is 4.81 Å². The summed E-state index contributed by atoms with van der Waals surface area (Å²) in [4.78, 5) is 1.86. The highest BCUT2D eigenvalue weighted by atomic mass is 35.5. The summed E-state index contributed by atoms with van der Waals surface area (Å²) >= 11 is 6.00. The van der Waals surface area contributed by atoms with E-state index in [4.69, 9.17) is 11.5 Å². The summed E-state index contributed by atoms with van der Waals surface area (Å²) in [6, 6.07) is 6.20. The van der Waals surface area contributed by atoms with E-state index in [0.29, 0.717) is 0 Å². The van der Waals surface area contributed by atoms with E-state index in [0.717, 1.165) is 5.46 Å². The number of hydrogen-bond donors (Lipinski definition) is 0. The van der Waals surface area contributed by atoms with Gasteiger partial charge in [0.15, 0.2) is 0 Å². The summed E-state index contributed by atoms with van der Waals surface area (Å²) in [5.74, 6) is -0.235. The molecule has 0 aliphatic rings. The van der Waals surface area contributed by atoms with Gasteiger partial charge in [-0.25, -0.2) is 4.39 Å². The summed E-state index contributed by atoms with van der Waals surface area (Å²) in [7, 11) is 3.75. The van der Waals surface area contributed by atoms with Crippen molar-refractivity contribution < 1.29 is 4.39 Å². The van der Waals surface area contributed by atoms with Gasteiger partial charge in [0.1, 0.15) is 5.82 Å². The molecule has 0 amide bonds. The fraction of sp³-hybridized carbons (Fsp3) is 0.250. The largest absolute Gasteiger partial charge is 0.364 e. The summed E-state index contributed by atoms with van der Waals surface area (Å²) in [5.41, 5.74) is 0.906. The van der Waals surface area contributed by atoms with Gasteiger partial charge in [0.2, 0.25) is 0 Å². The third-order valence-electron chi connectivity index (χ3n) is 1.60. The monoisotopic (exact) mass is 185 g/mol. The first-order chi connectivity index (χ1) is 5.61. The standard InChI is InChI=1S/C8H10BClFN/c1-12(2)9(10)7-3-5-8(11)6-4-7/h3-6H,1-2H3. The molecule has 0 saturated carbocycles. The van der Waals surface area contributed by atoms with Crippen LogP contribution in [-0.2, 0) is 0 Å². The fourth-order valence-electron chi connectivity index (χ4n) is 0.920. The number of benzene rings is 1. The molecule has 0 bridgehead atoms. The first kappa shape index (κ1) is 9.55. The zero-order valence-electron chi connectivity index (χ0n) is 7.09. The molecule has 0 aromatic heterocycles. The predicted molar refractivity (Wildman–Crippen MR) is 51.3 cm³/mol. The molecule has 1 rings (SSSR count). The van der Waals surface area contributed by atoms with E-state index in [1.54, 1.807) is 12.1 Å². The lowest BCUT2D eigenvalue weighted by molar-refractivity contribution is 0.628. The van der Waals surface area contributed by atoms with E-state index >= 15 is 0 Å². The number of rotatable bonds is 2. The average molecular weight is 185 g/mol. The van der Waals surface area contributed by atoms with Gasteiger partial charge in [0, 0.05) is 0 Å². The van der Waals surface area contributed by atoms with Crippen LogP contribution in [0, 0.1) is 5.82 Å². The minimum atomic E-state index is -0.235. The summed E-state index contributed by atoms with van der Waals surface area (Å²) < 4.78 is 12.5. The zero-order chi connectivity index (χ0) is 9.14. The molecular formula is C8H10BClFN. The molecule has 0 heterocycles. The van der Waals surface area contributed by atoms with Crippen molar-refractivity contribution >= 4 is 23.2 Å². The molecular weight excluding hydrogens is 175 g/mol. The van der Waals surface area contributed by atoms with Gasteiger partial charge in [-0.15, -0.1) is 0 Å². The highest BCUT2D eigenvalue weighted by Crippen LogP contribution is 1.98. The number of halogens is 2. The lowest BCUT2D eigenvalue weighted by Crippen LogP contribution is -2.38. The molecule has 4 heteroatoms. The number of hydrogen-bond acceptors (Lipinski definition) is 1. The molecule has 1 nitrogen and oxygen atoms in total. The van der Waals surface area contributed by atoms with Crippen LogP contribution in [0.5, 0.6) is 0 Å². The Morgan fingerprint density at radius 3 is 2.17 bits per heavy atom. The Morgan fingerprint density at radius 2 is 1.75 bits per heavy atom. The summed E-state index contributed by atoms with van der Waals surface area (Å²) in [6.45, 7) is 0. The van der Waals surface area contributed by atoms with Gasteiger partial charge < -0.3 is 4.81 Å². The smallest absolute Gasteiger partial charge is 0.330 e. The molecule has 0 N–H and O–H groups in total. The predicted octanol–water partition coefficient (Wildman–Crippen LogP) is 1.32. The van der Waals surface area contributed by atoms with Crippen LogP contribution in [0.4, 0.5) is 4.39 Å². The topological polar surface area (TPSA) is 3.24 Å². The van der Waals surface area contributed by atoms with E-state index in [9.17, 15) is 4.39 Å². The van der Waals surface area contributed by atoms with Gasteiger partial charge in [0.05, 0.1) is 0 Å². The van der Waals surface area contributed by atoms with Crippen LogP contribution < -0.4 is 5.46 Å². The Hall–Kier alpha value is -0.535. The molecule has 1 aromatic rings. The summed E-state index contributed by atoms with van der Waals surface area (Å²) in [6.07, 6.45) is -0.189. The SMILES string of the molecule is CN(C)B(Cl)c1ccc(F)cc1. The van der Waals surface area contributed by atoms with E-state index in [1.807, 2.05) is 18.9 Å². The minimum Gasteiger partial charge on any atom is -0.330 e. The van der Waals surface area contributed by atoms with E-state index in [-0.39, 0.29) is 12.1 Å². The molecule has 1 aromatic carbocycles. The maximum atomic E-state index is 12.5. The van der Waals surface area contributed by atoms with Gasteiger partial charge in [-0.3, -0.25) is 0 Å². The molecule has 12 heavy (non-hydrogen) atoms. The molecule has 0 fully saturated rings. The van der Waals surface area contributed by atoms with E-state index in [2.05, 4.69) is 0 Å². The molecule has 64 valence electrons. The van der Waals surface area contributed by atoms with Crippen molar-refractivity contribution in [3.05, 3.63) is 30.1 Å². The van der Waals surface area contributed by atoms with Crippen LogP contribution in [0.25, 0.3) is 0 Å². The van der Waals surface area contributed by atoms with Gasteiger partial charge >= 0.3 is 6.26 Å². The van der Waals surface area contributed by atoms with Crippen molar-refractivity contribution in [2.24, 2.45) is 0 Å². The fourth-order valence-corrected chi connectivity index (χ4v) is 1.07. The van der Waals surface area contributed by atoms with Crippen LogP contribution in [0.2, 0.25) is 0 Å². The summed E-state index contributed by atoms with van der Waals surface area (Å²) in [5, 5.41) is 0. The molecule has 0 atom stereocenters. The first-order valence-electron chi connectivity index (χ1n) is 3.67. The van der Waals surface area contributed by atoms with Crippen LogP contribution in [0.15, 0.2) is 24.3 Å². The van der Waals surface area contributed by atoms with Crippen molar-refractivity contribution in [3.63, 3.8) is 0 Å². The lowest BCUT2D eigenvalue weighted by Gasteiger charge is -2.13. The van der Waals surface area contributed by atoms with Gasteiger partial charge in [-0.05, 0) is 31.7 Å². The second-order valence-corrected chi connectivity index (χ2v) is 3.26. The Morgan fingerprint density at radius 1 is 1.25 bits per heavy atom. The average Bonchev–Trinajstić information content (AvgIpc) is 2.04. The van der Waals surface area contributed by atoms with Crippen LogP contribution in [0.3, 0.4) is 0 Å². The van der Waals surface area contributed by atoms with Crippen molar-refractivity contribution in [2.45, 2.75) is 0 Å². The molecule has 0 saturated heterocycles.